The summed E-state index contributed by atoms with van der Waals surface area (Å²) in [5.41, 5.74) is -7.05. The Morgan fingerprint density at radius 1 is 1.23 bits per heavy atom. The highest BCUT2D eigenvalue weighted by atomic mass is 35.5. The molecule has 0 spiro atoms. The van der Waals surface area contributed by atoms with Crippen molar-refractivity contribution in [3.63, 3.8) is 0 Å². The van der Waals surface area contributed by atoms with Gasteiger partial charge >= 0.3 is 11.7 Å². The van der Waals surface area contributed by atoms with Gasteiger partial charge in [0.15, 0.2) is 15.8 Å². The van der Waals surface area contributed by atoms with Crippen molar-refractivity contribution in [1.29, 1.82) is 5.26 Å². The largest absolute Gasteiger partial charge is 0.475 e. The molecule has 0 fully saturated rings. The van der Waals surface area contributed by atoms with Crippen molar-refractivity contribution in [2.24, 2.45) is 0 Å². The second-order valence-electron chi connectivity index (χ2n) is 4.97. The Hall–Kier alpha value is -1.15. The van der Waals surface area contributed by atoms with Gasteiger partial charge in [-0.3, -0.25) is 0 Å². The van der Waals surface area contributed by atoms with Crippen molar-refractivity contribution in [1.82, 2.24) is 4.57 Å². The first-order valence-corrected chi connectivity index (χ1v) is 8.65. The number of allylic oxidation sites excluding steroid dienone is 4. The van der Waals surface area contributed by atoms with Crippen molar-refractivity contribution in [3.05, 3.63) is 39.7 Å². The average molecular weight is 458 g/mol. The number of nitriles is 1. The van der Waals surface area contributed by atoms with Gasteiger partial charge in [-0.05, 0) is 6.08 Å². The maximum atomic E-state index is 12.8. The second kappa shape index (κ2) is 6.78. The Kier molecular flexibility index (Phi) is 5.52. The number of alkyl halides is 7. The third-order valence-corrected chi connectivity index (χ3v) is 5.94. The van der Waals surface area contributed by atoms with Crippen LogP contribution in [-0.2, 0) is 15.8 Å². The van der Waals surface area contributed by atoms with Gasteiger partial charge in [-0.2, -0.15) is 31.6 Å². The summed E-state index contributed by atoms with van der Waals surface area (Å²) in [5.74, 6) is 0. The molecule has 3 nitrogen and oxygen atoms in total. The molecule has 1 heterocycles. The third kappa shape index (κ3) is 3.63. The van der Waals surface area contributed by atoms with Crippen LogP contribution in [0.25, 0.3) is 0 Å². The van der Waals surface area contributed by atoms with Crippen LogP contribution in [0.2, 0.25) is 5.15 Å². The summed E-state index contributed by atoms with van der Waals surface area (Å²) in [5, 5.41) is 7.81. The lowest BCUT2D eigenvalue weighted by molar-refractivity contribution is -0.0888. The smallest absolute Gasteiger partial charge is 0.312 e. The van der Waals surface area contributed by atoms with Gasteiger partial charge in [0, 0.05) is 12.6 Å². The molecule has 1 aromatic heterocycles. The van der Waals surface area contributed by atoms with Crippen molar-refractivity contribution in [3.8, 4) is 6.07 Å². The van der Waals surface area contributed by atoms with E-state index in [1.54, 1.807) is 0 Å². The van der Waals surface area contributed by atoms with E-state index in [0.29, 0.717) is 22.9 Å². The predicted octanol–water partition coefficient (Wildman–Crippen LogP) is 5.55. The Morgan fingerprint density at radius 2 is 1.81 bits per heavy atom. The minimum absolute atomic E-state index is 0.501. The monoisotopic (exact) mass is 456 g/mol. The highest BCUT2D eigenvalue weighted by Gasteiger charge is 2.45. The van der Waals surface area contributed by atoms with Crippen LogP contribution in [0.3, 0.4) is 0 Å². The molecule has 1 aliphatic carbocycles. The van der Waals surface area contributed by atoms with Crippen molar-refractivity contribution in [2.75, 3.05) is 0 Å². The Bertz CT molecular complexity index is 880. The molecule has 2 unspecified atom stereocenters. The molecule has 0 aromatic carbocycles. The summed E-state index contributed by atoms with van der Waals surface area (Å²) in [4.78, 5) is -2.98. The number of hydrogen-bond donors (Lipinski definition) is 0. The number of aromatic nitrogens is 1. The summed E-state index contributed by atoms with van der Waals surface area (Å²) in [6.07, 6.45) is -3.52. The number of halogens is 9. The Balaban J connectivity index is 2.59. The van der Waals surface area contributed by atoms with Crippen LogP contribution < -0.4 is 0 Å². The fourth-order valence-electron chi connectivity index (χ4n) is 2.14. The molecule has 2 rings (SSSR count). The predicted molar refractivity (Wildman–Crippen MR) is 83.1 cm³/mol. The normalized spacial score (nSPS) is 22.5. The summed E-state index contributed by atoms with van der Waals surface area (Å²) in [6.45, 7) is 0. The first kappa shape index (κ1) is 21.2. The molecular weight excluding hydrogens is 453 g/mol. The minimum atomic E-state index is -5.18. The maximum Gasteiger partial charge on any atom is 0.475 e. The zero-order valence-corrected chi connectivity index (χ0v) is 15.1. The third-order valence-electron chi connectivity index (χ3n) is 3.38. The molecule has 142 valence electrons. The molecular formula is C13H5Cl3F6N2OS. The van der Waals surface area contributed by atoms with E-state index in [2.05, 4.69) is 0 Å². The van der Waals surface area contributed by atoms with Crippen molar-refractivity contribution < 1.29 is 30.6 Å². The fraction of sp³-hybridized carbons (Fsp3) is 0.308. The first-order valence-electron chi connectivity index (χ1n) is 6.37. The fourth-order valence-corrected chi connectivity index (χ4v) is 3.91. The Morgan fingerprint density at radius 3 is 2.23 bits per heavy atom. The SMILES string of the molecule is N#Cc1c(S(=O)C(F)(F)F)cn(C2(Cl)CC=C(C(F)(F)F)C=C2Cl)c1Cl. The van der Waals surface area contributed by atoms with Gasteiger partial charge in [0.05, 0.1) is 15.5 Å². The summed E-state index contributed by atoms with van der Waals surface area (Å²) < 4.78 is 88.7. The average Bonchev–Trinajstić information content (AvgIpc) is 2.84. The maximum absolute atomic E-state index is 12.8. The number of hydrogen-bond acceptors (Lipinski definition) is 2. The van der Waals surface area contributed by atoms with Crippen LogP contribution in [0, 0.1) is 11.3 Å². The Labute approximate surface area is 159 Å². The van der Waals surface area contributed by atoms with Gasteiger partial charge in [-0.15, -0.1) is 0 Å². The van der Waals surface area contributed by atoms with E-state index in [0.717, 1.165) is 0 Å². The highest BCUT2D eigenvalue weighted by Crippen LogP contribution is 2.47. The van der Waals surface area contributed by atoms with E-state index in [4.69, 9.17) is 40.1 Å². The zero-order valence-electron chi connectivity index (χ0n) is 12.1. The summed E-state index contributed by atoms with van der Waals surface area (Å²) >= 11 is 17.9. The van der Waals surface area contributed by atoms with Gasteiger partial charge in [-0.1, -0.05) is 40.9 Å². The first-order chi connectivity index (χ1) is 11.7. The molecule has 26 heavy (non-hydrogen) atoms. The zero-order chi connectivity index (χ0) is 20.1. The van der Waals surface area contributed by atoms with E-state index in [-0.39, 0.29) is 0 Å². The lowest BCUT2D eigenvalue weighted by atomic mass is 10.0. The van der Waals surface area contributed by atoms with E-state index in [1.165, 1.54) is 6.07 Å². The molecule has 0 bridgehead atoms. The van der Waals surface area contributed by atoms with Crippen LogP contribution in [0.4, 0.5) is 26.3 Å². The number of rotatable bonds is 2. The molecule has 2 atom stereocenters. The molecule has 0 radical (unpaired) electrons. The van der Waals surface area contributed by atoms with Crippen molar-refractivity contribution >= 4 is 45.6 Å². The van der Waals surface area contributed by atoms with Crippen LogP contribution in [-0.4, -0.2) is 20.5 Å². The minimum Gasteiger partial charge on any atom is -0.312 e. The van der Waals surface area contributed by atoms with E-state index >= 15 is 0 Å². The molecule has 0 N–H and O–H groups in total. The van der Waals surface area contributed by atoms with E-state index in [1.807, 2.05) is 0 Å². The number of nitrogens with zero attached hydrogens (tertiary/aromatic N) is 2. The second-order valence-corrected chi connectivity index (χ2v) is 7.80. The summed E-state index contributed by atoms with van der Waals surface area (Å²) in [7, 11) is -3.60. The molecule has 0 saturated heterocycles. The standard InChI is InChI=1S/C13H5Cl3F6N2OS/c14-9-3-6(12(17,18)19)1-2-11(9,16)24-5-8(7(4-23)10(24)15)26(25)13(20,21)22/h1,3,5H,2H2. The van der Waals surface area contributed by atoms with E-state index in [9.17, 15) is 30.6 Å². The topological polar surface area (TPSA) is 45.8 Å². The molecule has 0 aliphatic heterocycles. The van der Waals surface area contributed by atoms with Gasteiger partial charge in [0.1, 0.15) is 16.8 Å². The molecule has 1 aliphatic rings. The molecule has 0 saturated carbocycles. The van der Waals surface area contributed by atoms with Crippen LogP contribution in [0.5, 0.6) is 0 Å². The van der Waals surface area contributed by atoms with Crippen LogP contribution in [0.1, 0.15) is 12.0 Å². The highest BCUT2D eigenvalue weighted by molar-refractivity contribution is 7.86. The van der Waals surface area contributed by atoms with Gasteiger partial charge in [-0.25, -0.2) is 4.21 Å². The van der Waals surface area contributed by atoms with E-state index < -0.39 is 60.1 Å². The van der Waals surface area contributed by atoms with Gasteiger partial charge in [0.25, 0.3) is 0 Å². The lowest BCUT2D eigenvalue weighted by Gasteiger charge is -2.31. The van der Waals surface area contributed by atoms with Crippen LogP contribution >= 0.6 is 34.8 Å². The van der Waals surface area contributed by atoms with Crippen LogP contribution in [0.15, 0.2) is 33.8 Å². The summed E-state index contributed by atoms with van der Waals surface area (Å²) in [6, 6.07) is 1.38. The molecule has 13 heteroatoms. The van der Waals surface area contributed by atoms with Crippen molar-refractivity contribution in [2.45, 2.75) is 28.0 Å². The van der Waals surface area contributed by atoms with Gasteiger partial charge in [0.2, 0.25) is 0 Å². The van der Waals surface area contributed by atoms with Gasteiger partial charge < -0.3 is 4.57 Å². The molecule has 0 amide bonds. The molecule has 1 aromatic rings. The quantitative estimate of drug-likeness (QED) is 0.432. The lowest BCUT2D eigenvalue weighted by Crippen LogP contribution is -2.30.